The van der Waals surface area contributed by atoms with Gasteiger partial charge in [-0.2, -0.15) is 0 Å². The molecule has 0 saturated carbocycles. The molecule has 0 amide bonds. The molecule has 1 unspecified atom stereocenters. The van der Waals surface area contributed by atoms with Crippen LogP contribution in [-0.4, -0.2) is 16.1 Å². The molecule has 1 aliphatic heterocycles. The molecule has 0 fully saturated rings. The van der Waals surface area contributed by atoms with E-state index < -0.39 is 0 Å². The first-order valence-electron chi connectivity index (χ1n) is 5.19. The van der Waals surface area contributed by atoms with E-state index in [2.05, 4.69) is 32.4 Å². The van der Waals surface area contributed by atoms with Crippen molar-refractivity contribution in [1.82, 2.24) is 9.55 Å². The Hall–Kier alpha value is -0.350. The third kappa shape index (κ3) is 1.61. The van der Waals surface area contributed by atoms with Gasteiger partial charge in [-0.1, -0.05) is 6.92 Å². The fraction of sp³-hybridized carbons (Fsp3) is 0.700. The summed E-state index contributed by atoms with van der Waals surface area (Å²) in [6.07, 6.45) is 3.69. The topological polar surface area (TPSA) is 43.8 Å². The largest absolute Gasteiger partial charge is 0.331 e. The Morgan fingerprint density at radius 2 is 2.36 bits per heavy atom. The molecule has 0 radical (unpaired) electrons. The van der Waals surface area contributed by atoms with Crippen LogP contribution in [0.4, 0.5) is 0 Å². The molecule has 3 nitrogen and oxygen atoms in total. The molecule has 1 aromatic heterocycles. The van der Waals surface area contributed by atoms with Crippen molar-refractivity contribution in [2.45, 2.75) is 38.6 Å². The summed E-state index contributed by atoms with van der Waals surface area (Å²) in [5.41, 5.74) is 7.03. The second kappa shape index (κ2) is 4.03. The molecule has 0 spiro atoms. The van der Waals surface area contributed by atoms with Gasteiger partial charge in [-0.15, -0.1) is 0 Å². The maximum absolute atomic E-state index is 5.68. The quantitative estimate of drug-likeness (QED) is 0.882. The number of hydrogen-bond acceptors (Lipinski definition) is 2. The summed E-state index contributed by atoms with van der Waals surface area (Å²) in [4.78, 5) is 4.56. The minimum atomic E-state index is 0.359. The summed E-state index contributed by atoms with van der Waals surface area (Å²) < 4.78 is 3.36. The molecule has 0 saturated heterocycles. The monoisotopic (exact) mass is 257 g/mol. The molecule has 2 heterocycles. The lowest BCUT2D eigenvalue weighted by atomic mass is 10.1. The van der Waals surface area contributed by atoms with Crippen LogP contribution in [0.1, 0.15) is 37.2 Å². The van der Waals surface area contributed by atoms with Crippen LogP contribution in [0.25, 0.3) is 0 Å². The zero-order valence-corrected chi connectivity index (χ0v) is 10.0. The molecule has 1 aromatic rings. The third-order valence-corrected chi connectivity index (χ3v) is 3.53. The average molecular weight is 258 g/mol. The number of rotatable bonds is 2. The smallest absolute Gasteiger partial charge is 0.127 e. The molecular weight excluding hydrogens is 242 g/mol. The Kier molecular flexibility index (Phi) is 2.93. The van der Waals surface area contributed by atoms with Crippen molar-refractivity contribution in [2.24, 2.45) is 5.73 Å². The maximum Gasteiger partial charge on any atom is 0.127 e. The third-order valence-electron chi connectivity index (χ3n) is 2.89. The lowest BCUT2D eigenvalue weighted by molar-refractivity contribution is 0.499. The molecule has 1 aliphatic rings. The minimum Gasteiger partial charge on any atom is -0.331 e. The van der Waals surface area contributed by atoms with E-state index in [1.807, 2.05) is 0 Å². The zero-order valence-electron chi connectivity index (χ0n) is 8.46. The van der Waals surface area contributed by atoms with Crippen molar-refractivity contribution in [3.8, 4) is 0 Å². The highest BCUT2D eigenvalue weighted by atomic mass is 79.9. The Balaban J connectivity index is 2.41. The van der Waals surface area contributed by atoms with E-state index in [-0.39, 0.29) is 0 Å². The molecule has 4 heteroatoms. The van der Waals surface area contributed by atoms with Crippen molar-refractivity contribution < 1.29 is 0 Å². The van der Waals surface area contributed by atoms with Crippen LogP contribution in [0.5, 0.6) is 0 Å². The van der Waals surface area contributed by atoms with Gasteiger partial charge in [0.05, 0.1) is 5.69 Å². The molecule has 2 rings (SSSR count). The molecule has 1 atom stereocenters. The highest BCUT2D eigenvalue weighted by molar-refractivity contribution is 9.10. The van der Waals surface area contributed by atoms with Crippen LogP contribution in [0.15, 0.2) is 4.60 Å². The fourth-order valence-electron chi connectivity index (χ4n) is 2.01. The van der Waals surface area contributed by atoms with Gasteiger partial charge < -0.3 is 10.3 Å². The lowest BCUT2D eigenvalue weighted by Gasteiger charge is -2.18. The van der Waals surface area contributed by atoms with Gasteiger partial charge in [-0.3, -0.25) is 0 Å². The van der Waals surface area contributed by atoms with Crippen molar-refractivity contribution in [1.29, 1.82) is 0 Å². The minimum absolute atomic E-state index is 0.359. The van der Waals surface area contributed by atoms with Crippen molar-refractivity contribution in [3.05, 3.63) is 16.1 Å². The summed E-state index contributed by atoms with van der Waals surface area (Å²) >= 11 is 3.53. The number of halogens is 1. The Morgan fingerprint density at radius 1 is 1.57 bits per heavy atom. The molecular formula is C10H16BrN3. The maximum atomic E-state index is 5.68. The van der Waals surface area contributed by atoms with Gasteiger partial charge in [0.25, 0.3) is 0 Å². The number of fused-ring (bicyclic) bond motifs is 1. The van der Waals surface area contributed by atoms with Gasteiger partial charge in [0.1, 0.15) is 10.4 Å². The number of hydrogen-bond donors (Lipinski definition) is 1. The predicted octanol–water partition coefficient (Wildman–Crippen LogP) is 2.04. The Labute approximate surface area is 92.8 Å². The van der Waals surface area contributed by atoms with Crippen molar-refractivity contribution >= 4 is 15.9 Å². The van der Waals surface area contributed by atoms with Crippen LogP contribution in [0.3, 0.4) is 0 Å². The summed E-state index contributed by atoms with van der Waals surface area (Å²) in [7, 11) is 0. The second-order valence-electron chi connectivity index (χ2n) is 3.95. The fourth-order valence-corrected chi connectivity index (χ4v) is 2.60. The van der Waals surface area contributed by atoms with E-state index >= 15 is 0 Å². The summed E-state index contributed by atoms with van der Waals surface area (Å²) in [6.45, 7) is 3.91. The average Bonchev–Trinajstić information content (AvgIpc) is 2.56. The van der Waals surface area contributed by atoms with Gasteiger partial charge in [0.15, 0.2) is 0 Å². The first kappa shape index (κ1) is 10.2. The highest BCUT2D eigenvalue weighted by Gasteiger charge is 2.20. The van der Waals surface area contributed by atoms with Crippen LogP contribution in [0, 0.1) is 0 Å². The molecule has 2 N–H and O–H groups in total. The van der Waals surface area contributed by atoms with Crippen LogP contribution in [0.2, 0.25) is 0 Å². The van der Waals surface area contributed by atoms with E-state index in [4.69, 9.17) is 5.73 Å². The van der Waals surface area contributed by atoms with Crippen molar-refractivity contribution in [2.75, 3.05) is 6.54 Å². The number of nitrogens with zero attached hydrogens (tertiary/aromatic N) is 2. The van der Waals surface area contributed by atoms with Gasteiger partial charge >= 0.3 is 0 Å². The first-order chi connectivity index (χ1) is 6.74. The predicted molar refractivity (Wildman–Crippen MR) is 60.3 cm³/mol. The zero-order chi connectivity index (χ0) is 10.1. The Morgan fingerprint density at radius 3 is 3.07 bits per heavy atom. The van der Waals surface area contributed by atoms with Gasteiger partial charge in [-0.25, -0.2) is 4.98 Å². The van der Waals surface area contributed by atoms with E-state index in [0.29, 0.717) is 12.5 Å². The molecule has 0 bridgehead atoms. The van der Waals surface area contributed by atoms with Crippen LogP contribution < -0.4 is 5.73 Å². The van der Waals surface area contributed by atoms with Gasteiger partial charge in [0, 0.05) is 19.0 Å². The first-order valence-corrected chi connectivity index (χ1v) is 5.98. The highest BCUT2D eigenvalue weighted by Crippen LogP contribution is 2.27. The van der Waals surface area contributed by atoms with E-state index in [1.165, 1.54) is 18.5 Å². The van der Waals surface area contributed by atoms with E-state index in [1.54, 1.807) is 0 Å². The standard InChI is InChI=1S/C10H16BrN3/c1-7(6-12)10-13-9(11)8-4-2-3-5-14(8)10/h7H,2-6,12H2,1H3. The van der Waals surface area contributed by atoms with E-state index in [9.17, 15) is 0 Å². The van der Waals surface area contributed by atoms with Crippen LogP contribution >= 0.6 is 15.9 Å². The van der Waals surface area contributed by atoms with Crippen LogP contribution in [-0.2, 0) is 13.0 Å². The molecule has 0 aliphatic carbocycles. The normalized spacial score (nSPS) is 17.9. The van der Waals surface area contributed by atoms with Gasteiger partial charge in [-0.05, 0) is 35.2 Å². The molecule has 78 valence electrons. The number of nitrogens with two attached hydrogens (primary N) is 1. The number of imidazole rings is 1. The SMILES string of the molecule is CC(CN)c1nc(Br)c2n1CCCC2. The Bertz CT molecular complexity index is 332. The second-order valence-corrected chi connectivity index (χ2v) is 4.70. The van der Waals surface area contributed by atoms with Gasteiger partial charge in [0.2, 0.25) is 0 Å². The van der Waals surface area contributed by atoms with Crippen molar-refractivity contribution in [3.63, 3.8) is 0 Å². The summed E-state index contributed by atoms with van der Waals surface area (Å²) in [6, 6.07) is 0. The number of aromatic nitrogens is 2. The summed E-state index contributed by atoms with van der Waals surface area (Å²) in [5, 5.41) is 0. The summed E-state index contributed by atoms with van der Waals surface area (Å²) in [5.74, 6) is 1.51. The molecule has 0 aromatic carbocycles. The lowest BCUT2D eigenvalue weighted by Crippen LogP contribution is -2.18. The molecule has 14 heavy (non-hydrogen) atoms. The van der Waals surface area contributed by atoms with E-state index in [0.717, 1.165) is 23.4 Å².